The lowest BCUT2D eigenvalue weighted by molar-refractivity contribution is -0.143. The number of ether oxygens (including phenoxy) is 3. The summed E-state index contributed by atoms with van der Waals surface area (Å²) in [7, 11) is 3.04. The zero-order chi connectivity index (χ0) is 15.7. The first-order valence-corrected chi connectivity index (χ1v) is 7.02. The summed E-state index contributed by atoms with van der Waals surface area (Å²) in [5.74, 6) is 0.609. The Hall–Kier alpha value is -2.04. The van der Waals surface area contributed by atoms with Gasteiger partial charge < -0.3 is 14.2 Å². The van der Waals surface area contributed by atoms with Gasteiger partial charge >= 0.3 is 5.97 Å². The normalized spacial score (nSPS) is 10.0. The molecule has 0 bridgehead atoms. The number of unbranched alkanes of at least 4 members (excludes halogenated alkanes) is 1. The van der Waals surface area contributed by atoms with Gasteiger partial charge in [-0.05, 0) is 18.6 Å². The van der Waals surface area contributed by atoms with Crippen LogP contribution in [0, 0.1) is 0 Å². The van der Waals surface area contributed by atoms with E-state index < -0.39 is 0 Å². The second kappa shape index (κ2) is 9.00. The van der Waals surface area contributed by atoms with Gasteiger partial charge in [0.25, 0.3) is 0 Å². The highest BCUT2D eigenvalue weighted by atomic mass is 16.5. The second-order valence-electron chi connectivity index (χ2n) is 4.60. The van der Waals surface area contributed by atoms with E-state index >= 15 is 0 Å². The Morgan fingerprint density at radius 2 is 1.62 bits per heavy atom. The smallest absolute Gasteiger partial charge is 0.306 e. The molecule has 0 radical (unpaired) electrons. The molecule has 0 aromatic heterocycles. The number of ketones is 1. The van der Waals surface area contributed by atoms with E-state index in [9.17, 15) is 9.59 Å². The highest BCUT2D eigenvalue weighted by molar-refractivity contribution is 5.98. The van der Waals surface area contributed by atoms with Gasteiger partial charge in [-0.2, -0.15) is 0 Å². The summed E-state index contributed by atoms with van der Waals surface area (Å²) >= 11 is 0. The third-order valence-electron chi connectivity index (χ3n) is 2.99. The summed E-state index contributed by atoms with van der Waals surface area (Å²) in [6.45, 7) is 2.43. The molecule has 1 aromatic carbocycles. The average Bonchev–Trinajstić information content (AvgIpc) is 2.52. The van der Waals surface area contributed by atoms with Gasteiger partial charge in [-0.3, -0.25) is 9.59 Å². The standard InChI is InChI=1S/C16H22O5/c1-4-5-8-21-16(18)7-6-15(17)12-9-13(19-2)11-14(10-12)20-3/h9-11H,4-8H2,1-3H3. The molecule has 1 aromatic rings. The first kappa shape index (κ1) is 17.0. The number of carbonyl (C=O) groups excluding carboxylic acids is 2. The van der Waals surface area contributed by atoms with Crippen molar-refractivity contribution in [2.75, 3.05) is 20.8 Å². The highest BCUT2D eigenvalue weighted by Crippen LogP contribution is 2.23. The van der Waals surface area contributed by atoms with Crippen molar-refractivity contribution in [3.8, 4) is 11.5 Å². The lowest BCUT2D eigenvalue weighted by atomic mass is 10.1. The summed E-state index contributed by atoms with van der Waals surface area (Å²) in [5, 5.41) is 0. The van der Waals surface area contributed by atoms with Crippen molar-refractivity contribution in [2.24, 2.45) is 0 Å². The molecule has 0 saturated carbocycles. The molecule has 21 heavy (non-hydrogen) atoms. The molecular formula is C16H22O5. The molecular weight excluding hydrogens is 272 g/mol. The number of rotatable bonds is 9. The van der Waals surface area contributed by atoms with E-state index in [1.807, 2.05) is 6.92 Å². The van der Waals surface area contributed by atoms with Crippen molar-refractivity contribution in [1.82, 2.24) is 0 Å². The summed E-state index contributed by atoms with van der Waals surface area (Å²) in [5.41, 5.74) is 0.465. The molecule has 0 aliphatic heterocycles. The molecule has 0 unspecified atom stereocenters. The average molecular weight is 294 g/mol. The summed E-state index contributed by atoms with van der Waals surface area (Å²) < 4.78 is 15.2. The molecule has 5 heteroatoms. The molecule has 0 saturated heterocycles. The van der Waals surface area contributed by atoms with Crippen LogP contribution in [0.25, 0.3) is 0 Å². The Morgan fingerprint density at radius 3 is 2.14 bits per heavy atom. The molecule has 0 amide bonds. The minimum Gasteiger partial charge on any atom is -0.497 e. The number of methoxy groups -OCH3 is 2. The van der Waals surface area contributed by atoms with Crippen molar-refractivity contribution in [2.45, 2.75) is 32.6 Å². The molecule has 0 heterocycles. The molecule has 0 aliphatic rings. The fourth-order valence-electron chi connectivity index (χ4n) is 1.73. The number of hydrogen-bond donors (Lipinski definition) is 0. The van der Waals surface area contributed by atoms with Crippen molar-refractivity contribution < 1.29 is 23.8 Å². The fraction of sp³-hybridized carbons (Fsp3) is 0.500. The number of carbonyl (C=O) groups is 2. The van der Waals surface area contributed by atoms with Gasteiger partial charge in [0.15, 0.2) is 5.78 Å². The predicted octanol–water partition coefficient (Wildman–Crippen LogP) is 3.01. The van der Waals surface area contributed by atoms with Gasteiger partial charge in [-0.1, -0.05) is 13.3 Å². The molecule has 116 valence electrons. The lowest BCUT2D eigenvalue weighted by Gasteiger charge is -2.08. The van der Waals surface area contributed by atoms with Gasteiger partial charge in [0.2, 0.25) is 0 Å². The van der Waals surface area contributed by atoms with E-state index in [2.05, 4.69) is 0 Å². The zero-order valence-electron chi connectivity index (χ0n) is 12.8. The van der Waals surface area contributed by atoms with E-state index in [1.165, 1.54) is 14.2 Å². The van der Waals surface area contributed by atoms with Gasteiger partial charge in [0.05, 0.1) is 27.2 Å². The Kier molecular flexibility index (Phi) is 7.29. The molecule has 5 nitrogen and oxygen atoms in total. The Labute approximate surface area is 125 Å². The van der Waals surface area contributed by atoms with E-state index in [1.54, 1.807) is 18.2 Å². The minimum absolute atomic E-state index is 0.0854. The first-order chi connectivity index (χ1) is 10.1. The van der Waals surface area contributed by atoms with Crippen LogP contribution in [0.2, 0.25) is 0 Å². The van der Waals surface area contributed by atoms with Gasteiger partial charge in [0, 0.05) is 18.1 Å². The Bertz CT molecular complexity index is 459. The van der Waals surface area contributed by atoms with Crippen molar-refractivity contribution in [1.29, 1.82) is 0 Å². The first-order valence-electron chi connectivity index (χ1n) is 7.02. The third kappa shape index (κ3) is 5.85. The number of esters is 1. The van der Waals surface area contributed by atoms with Crippen LogP contribution < -0.4 is 9.47 Å². The van der Waals surface area contributed by atoms with Crippen molar-refractivity contribution >= 4 is 11.8 Å². The summed E-state index contributed by atoms with van der Waals surface area (Å²) in [6, 6.07) is 4.95. The molecule has 0 atom stereocenters. The maximum Gasteiger partial charge on any atom is 0.306 e. The van der Waals surface area contributed by atoms with Crippen molar-refractivity contribution in [3.05, 3.63) is 23.8 Å². The largest absolute Gasteiger partial charge is 0.497 e. The Morgan fingerprint density at radius 1 is 1.00 bits per heavy atom. The lowest BCUT2D eigenvalue weighted by Crippen LogP contribution is -2.09. The minimum atomic E-state index is -0.341. The number of Topliss-reactive ketones (excluding diaryl/α,β-unsaturated/α-hetero) is 1. The predicted molar refractivity (Wildman–Crippen MR) is 79.0 cm³/mol. The molecule has 1 rings (SSSR count). The zero-order valence-corrected chi connectivity index (χ0v) is 12.8. The van der Waals surface area contributed by atoms with Gasteiger partial charge in [-0.15, -0.1) is 0 Å². The second-order valence-corrected chi connectivity index (χ2v) is 4.60. The van der Waals surface area contributed by atoms with E-state index in [0.717, 1.165) is 12.8 Å². The van der Waals surface area contributed by atoms with Crippen LogP contribution in [0.4, 0.5) is 0 Å². The third-order valence-corrected chi connectivity index (χ3v) is 2.99. The number of hydrogen-bond acceptors (Lipinski definition) is 5. The Balaban J connectivity index is 2.57. The van der Waals surface area contributed by atoms with Gasteiger partial charge in [-0.25, -0.2) is 0 Å². The van der Waals surface area contributed by atoms with Crippen LogP contribution in [0.3, 0.4) is 0 Å². The van der Waals surface area contributed by atoms with E-state index in [0.29, 0.717) is 23.7 Å². The van der Waals surface area contributed by atoms with Crippen LogP contribution in [0.5, 0.6) is 11.5 Å². The van der Waals surface area contributed by atoms with Gasteiger partial charge in [0.1, 0.15) is 11.5 Å². The molecule has 0 N–H and O–H groups in total. The van der Waals surface area contributed by atoms with Crippen LogP contribution in [-0.4, -0.2) is 32.6 Å². The fourth-order valence-corrected chi connectivity index (χ4v) is 1.73. The van der Waals surface area contributed by atoms with Crippen LogP contribution >= 0.6 is 0 Å². The monoisotopic (exact) mass is 294 g/mol. The highest BCUT2D eigenvalue weighted by Gasteiger charge is 2.12. The topological polar surface area (TPSA) is 61.8 Å². The van der Waals surface area contributed by atoms with E-state index in [4.69, 9.17) is 14.2 Å². The maximum atomic E-state index is 12.1. The van der Waals surface area contributed by atoms with Crippen LogP contribution in [0.15, 0.2) is 18.2 Å². The molecule has 0 fully saturated rings. The van der Waals surface area contributed by atoms with Crippen LogP contribution in [0.1, 0.15) is 43.0 Å². The molecule has 0 spiro atoms. The number of benzene rings is 1. The SMILES string of the molecule is CCCCOC(=O)CCC(=O)c1cc(OC)cc(OC)c1. The van der Waals surface area contributed by atoms with Crippen molar-refractivity contribution in [3.63, 3.8) is 0 Å². The van der Waals surface area contributed by atoms with Crippen LogP contribution in [-0.2, 0) is 9.53 Å². The quantitative estimate of drug-likeness (QED) is 0.398. The molecule has 0 aliphatic carbocycles. The van der Waals surface area contributed by atoms with E-state index in [-0.39, 0.29) is 24.6 Å². The maximum absolute atomic E-state index is 12.1. The summed E-state index contributed by atoms with van der Waals surface area (Å²) in [6.07, 6.45) is 2.01. The summed E-state index contributed by atoms with van der Waals surface area (Å²) in [4.78, 5) is 23.6.